The Kier molecular flexibility index (Phi) is 4.88. The van der Waals surface area contributed by atoms with Crippen LogP contribution in [0.15, 0.2) is 54.6 Å². The molecule has 0 aliphatic carbocycles. The number of ketones is 1. The van der Waals surface area contributed by atoms with Gasteiger partial charge in [0, 0.05) is 25.6 Å². The summed E-state index contributed by atoms with van der Waals surface area (Å²) in [6, 6.07) is 15.9. The first-order valence-electron chi connectivity index (χ1n) is 6.72. The van der Waals surface area contributed by atoms with E-state index in [1.54, 1.807) is 12.1 Å². The van der Waals surface area contributed by atoms with Crippen molar-refractivity contribution in [1.82, 2.24) is 0 Å². The Hall–Kier alpha value is -2.16. The first-order valence-corrected chi connectivity index (χ1v) is 6.72. The summed E-state index contributed by atoms with van der Waals surface area (Å²) in [5.74, 6) is -0.100. The Morgan fingerprint density at radius 1 is 1.05 bits per heavy atom. The summed E-state index contributed by atoms with van der Waals surface area (Å²) in [5.41, 5.74) is 1.31. The highest BCUT2D eigenvalue weighted by atomic mass is 19.1. The molecule has 2 rings (SSSR count). The summed E-state index contributed by atoms with van der Waals surface area (Å²) >= 11 is 0. The third kappa shape index (κ3) is 3.67. The van der Waals surface area contributed by atoms with Crippen molar-refractivity contribution < 1.29 is 9.18 Å². The number of carbonyl (C=O) groups excluding carboxylic acids is 1. The van der Waals surface area contributed by atoms with E-state index in [-0.39, 0.29) is 11.6 Å². The summed E-state index contributed by atoms with van der Waals surface area (Å²) in [4.78, 5) is 13.8. The highest BCUT2D eigenvalue weighted by Gasteiger charge is 2.08. The SMILES string of the molecule is CN(CCCC(=O)c1ccccc1)c1ccccc1F. The summed E-state index contributed by atoms with van der Waals surface area (Å²) in [6.07, 6.45) is 1.18. The van der Waals surface area contributed by atoms with Crippen molar-refractivity contribution in [2.24, 2.45) is 0 Å². The van der Waals surface area contributed by atoms with Gasteiger partial charge in [0.2, 0.25) is 0 Å². The van der Waals surface area contributed by atoms with Gasteiger partial charge < -0.3 is 4.90 Å². The number of Topliss-reactive ketones (excluding diaryl/α,β-unsaturated/α-hetero) is 1. The quantitative estimate of drug-likeness (QED) is 0.742. The number of nitrogens with zero attached hydrogens (tertiary/aromatic N) is 1. The lowest BCUT2D eigenvalue weighted by Crippen LogP contribution is -2.20. The van der Waals surface area contributed by atoms with E-state index in [0.29, 0.717) is 25.1 Å². The van der Waals surface area contributed by atoms with Crippen molar-refractivity contribution in [3.05, 3.63) is 66.0 Å². The van der Waals surface area contributed by atoms with Crippen molar-refractivity contribution in [1.29, 1.82) is 0 Å². The van der Waals surface area contributed by atoms with Crippen LogP contribution in [0.3, 0.4) is 0 Å². The first-order chi connectivity index (χ1) is 9.68. The minimum absolute atomic E-state index is 0.132. The standard InChI is InChI=1S/C17H18FNO/c1-19(16-11-6-5-10-15(16)18)13-7-12-17(20)14-8-3-2-4-9-14/h2-6,8-11H,7,12-13H2,1H3. The van der Waals surface area contributed by atoms with Crippen LogP contribution < -0.4 is 4.90 Å². The molecule has 0 radical (unpaired) electrons. The van der Waals surface area contributed by atoms with Crippen molar-refractivity contribution in [2.45, 2.75) is 12.8 Å². The van der Waals surface area contributed by atoms with E-state index >= 15 is 0 Å². The number of hydrogen-bond donors (Lipinski definition) is 0. The van der Waals surface area contributed by atoms with Crippen LogP contribution in [0.5, 0.6) is 0 Å². The summed E-state index contributed by atoms with van der Waals surface area (Å²) in [5, 5.41) is 0. The molecule has 0 spiro atoms. The lowest BCUT2D eigenvalue weighted by Gasteiger charge is -2.19. The topological polar surface area (TPSA) is 20.3 Å². The molecule has 3 heteroatoms. The fraction of sp³-hybridized carbons (Fsp3) is 0.235. The van der Waals surface area contributed by atoms with Gasteiger partial charge in [-0.1, -0.05) is 42.5 Å². The van der Waals surface area contributed by atoms with Crippen LogP contribution in [0, 0.1) is 5.82 Å². The summed E-state index contributed by atoms with van der Waals surface area (Å²) < 4.78 is 13.6. The molecular weight excluding hydrogens is 253 g/mol. The van der Waals surface area contributed by atoms with Gasteiger partial charge in [-0.15, -0.1) is 0 Å². The second-order valence-electron chi connectivity index (χ2n) is 4.77. The van der Waals surface area contributed by atoms with Crippen molar-refractivity contribution in [2.75, 3.05) is 18.5 Å². The Balaban J connectivity index is 1.84. The first kappa shape index (κ1) is 14.3. The number of carbonyl (C=O) groups is 1. The van der Waals surface area contributed by atoms with Gasteiger partial charge in [-0.25, -0.2) is 4.39 Å². The van der Waals surface area contributed by atoms with Gasteiger partial charge in [-0.05, 0) is 18.6 Å². The molecular formula is C17H18FNO. The van der Waals surface area contributed by atoms with Gasteiger partial charge in [0.25, 0.3) is 0 Å². The predicted octanol–water partition coefficient (Wildman–Crippen LogP) is 3.93. The molecule has 0 atom stereocenters. The zero-order valence-electron chi connectivity index (χ0n) is 11.6. The lowest BCUT2D eigenvalue weighted by atomic mass is 10.1. The van der Waals surface area contributed by atoms with Crippen LogP contribution in [-0.4, -0.2) is 19.4 Å². The molecule has 20 heavy (non-hydrogen) atoms. The molecule has 0 amide bonds. The maximum Gasteiger partial charge on any atom is 0.162 e. The van der Waals surface area contributed by atoms with Crippen LogP contribution in [0.4, 0.5) is 10.1 Å². The molecule has 0 aliphatic rings. The third-order valence-electron chi connectivity index (χ3n) is 3.26. The van der Waals surface area contributed by atoms with E-state index < -0.39 is 0 Å². The number of rotatable bonds is 6. The van der Waals surface area contributed by atoms with Crippen LogP contribution >= 0.6 is 0 Å². The van der Waals surface area contributed by atoms with E-state index in [4.69, 9.17) is 0 Å². The van der Waals surface area contributed by atoms with E-state index in [2.05, 4.69) is 0 Å². The molecule has 2 nitrogen and oxygen atoms in total. The van der Waals surface area contributed by atoms with Gasteiger partial charge in [0.15, 0.2) is 5.78 Å². The van der Waals surface area contributed by atoms with Crippen LogP contribution in [-0.2, 0) is 0 Å². The van der Waals surface area contributed by atoms with Crippen LogP contribution in [0.25, 0.3) is 0 Å². The normalized spacial score (nSPS) is 10.3. The van der Waals surface area contributed by atoms with Crippen LogP contribution in [0.2, 0.25) is 0 Å². The highest BCUT2D eigenvalue weighted by molar-refractivity contribution is 5.95. The van der Waals surface area contributed by atoms with Crippen LogP contribution in [0.1, 0.15) is 23.2 Å². The smallest absolute Gasteiger partial charge is 0.162 e. The van der Waals surface area contributed by atoms with E-state index in [0.717, 1.165) is 5.56 Å². The monoisotopic (exact) mass is 271 g/mol. The molecule has 0 aromatic heterocycles. The minimum Gasteiger partial charge on any atom is -0.372 e. The van der Waals surface area contributed by atoms with E-state index in [9.17, 15) is 9.18 Å². The second-order valence-corrected chi connectivity index (χ2v) is 4.77. The van der Waals surface area contributed by atoms with Gasteiger partial charge in [0.1, 0.15) is 5.82 Å². The molecule has 2 aromatic carbocycles. The average molecular weight is 271 g/mol. The predicted molar refractivity (Wildman–Crippen MR) is 79.7 cm³/mol. The van der Waals surface area contributed by atoms with Crippen molar-refractivity contribution >= 4 is 11.5 Å². The number of para-hydroxylation sites is 1. The maximum atomic E-state index is 13.6. The Morgan fingerprint density at radius 2 is 1.70 bits per heavy atom. The minimum atomic E-state index is -0.232. The number of benzene rings is 2. The molecule has 0 aliphatic heterocycles. The van der Waals surface area contributed by atoms with Gasteiger partial charge in [0.05, 0.1) is 5.69 Å². The summed E-state index contributed by atoms with van der Waals surface area (Å²) in [6.45, 7) is 0.652. The molecule has 0 fully saturated rings. The molecule has 0 N–H and O–H groups in total. The molecule has 0 saturated carbocycles. The molecule has 0 saturated heterocycles. The maximum absolute atomic E-state index is 13.6. The Labute approximate surface area is 118 Å². The van der Waals surface area contributed by atoms with Gasteiger partial charge in [-0.3, -0.25) is 4.79 Å². The van der Waals surface area contributed by atoms with E-state index in [1.165, 1.54) is 6.07 Å². The third-order valence-corrected chi connectivity index (χ3v) is 3.26. The van der Waals surface area contributed by atoms with Gasteiger partial charge in [-0.2, -0.15) is 0 Å². The number of halogens is 1. The molecule has 104 valence electrons. The lowest BCUT2D eigenvalue weighted by molar-refractivity contribution is 0.0981. The number of hydrogen-bond acceptors (Lipinski definition) is 2. The van der Waals surface area contributed by atoms with E-state index in [1.807, 2.05) is 48.3 Å². The van der Waals surface area contributed by atoms with Crippen molar-refractivity contribution in [3.63, 3.8) is 0 Å². The fourth-order valence-electron chi connectivity index (χ4n) is 2.13. The highest BCUT2D eigenvalue weighted by Crippen LogP contribution is 2.17. The molecule has 2 aromatic rings. The molecule has 0 heterocycles. The van der Waals surface area contributed by atoms with Crippen molar-refractivity contribution in [3.8, 4) is 0 Å². The Morgan fingerprint density at radius 3 is 2.40 bits per heavy atom. The largest absolute Gasteiger partial charge is 0.372 e. The fourth-order valence-corrected chi connectivity index (χ4v) is 2.13. The average Bonchev–Trinajstić information content (AvgIpc) is 2.48. The van der Waals surface area contributed by atoms with Gasteiger partial charge >= 0.3 is 0 Å². The Bertz CT molecular complexity index is 568. The molecule has 0 unspecified atom stereocenters. The molecule has 0 bridgehead atoms. The zero-order chi connectivity index (χ0) is 14.4. The zero-order valence-corrected chi connectivity index (χ0v) is 11.6. The number of anilines is 1. The summed E-state index contributed by atoms with van der Waals surface area (Å²) in [7, 11) is 1.84. The second kappa shape index (κ2) is 6.85.